The van der Waals surface area contributed by atoms with Gasteiger partial charge in [0.25, 0.3) is 0 Å². The molecule has 0 radical (unpaired) electrons. The molecule has 4 nitrogen and oxygen atoms in total. The minimum Gasteiger partial charge on any atom is -0.309 e. The summed E-state index contributed by atoms with van der Waals surface area (Å²) >= 11 is 5.55. The lowest BCUT2D eigenvalue weighted by Gasteiger charge is -1.97. The number of halogens is 1. The summed E-state index contributed by atoms with van der Waals surface area (Å²) in [5.74, 6) is 2.62. The highest BCUT2D eigenvalue weighted by Crippen LogP contribution is 2.09. The Bertz CT molecular complexity index is 339. The van der Waals surface area contributed by atoms with Crippen molar-refractivity contribution in [1.82, 2.24) is 10.2 Å². The number of carbonyl (C=O) groups is 1. The zero-order valence-corrected chi connectivity index (χ0v) is 7.56. The number of aromatic amines is 1. The maximum atomic E-state index is 11.1. The van der Waals surface area contributed by atoms with E-state index in [0.29, 0.717) is 23.8 Å². The molecular weight excluding hydrogens is 190 g/mol. The highest BCUT2D eigenvalue weighted by molar-refractivity contribution is 6.29. The van der Waals surface area contributed by atoms with Crippen LogP contribution in [-0.4, -0.2) is 16.1 Å². The third-order valence-electron chi connectivity index (χ3n) is 1.31. The number of terminal acetylenes is 1. The van der Waals surface area contributed by atoms with Gasteiger partial charge in [-0.3, -0.25) is 9.89 Å². The van der Waals surface area contributed by atoms with Crippen molar-refractivity contribution in [2.45, 2.75) is 12.8 Å². The van der Waals surface area contributed by atoms with Crippen molar-refractivity contribution >= 4 is 23.3 Å². The van der Waals surface area contributed by atoms with E-state index < -0.39 is 0 Å². The fraction of sp³-hybridized carbons (Fsp3) is 0.250. The molecule has 1 heterocycles. The fourth-order valence-electron chi connectivity index (χ4n) is 0.753. The van der Waals surface area contributed by atoms with Crippen LogP contribution in [0.15, 0.2) is 6.07 Å². The average molecular weight is 198 g/mol. The number of anilines is 1. The molecule has 0 saturated heterocycles. The number of amides is 1. The van der Waals surface area contributed by atoms with Crippen molar-refractivity contribution in [3.8, 4) is 12.3 Å². The van der Waals surface area contributed by atoms with Gasteiger partial charge in [-0.1, -0.05) is 11.6 Å². The first kappa shape index (κ1) is 9.62. The van der Waals surface area contributed by atoms with Crippen LogP contribution in [0.3, 0.4) is 0 Å². The summed E-state index contributed by atoms with van der Waals surface area (Å²) in [6, 6.07) is 1.52. The number of hydrogen-bond acceptors (Lipinski definition) is 2. The number of H-pyrrole nitrogens is 1. The number of rotatable bonds is 3. The summed E-state index contributed by atoms with van der Waals surface area (Å²) in [6.07, 6.45) is 5.71. The molecule has 13 heavy (non-hydrogen) atoms. The van der Waals surface area contributed by atoms with E-state index in [2.05, 4.69) is 21.4 Å². The summed E-state index contributed by atoms with van der Waals surface area (Å²) < 4.78 is 0. The van der Waals surface area contributed by atoms with Crippen molar-refractivity contribution in [3.63, 3.8) is 0 Å². The second kappa shape index (κ2) is 4.53. The summed E-state index contributed by atoms with van der Waals surface area (Å²) in [7, 11) is 0. The van der Waals surface area contributed by atoms with E-state index in [1.54, 1.807) is 0 Å². The molecule has 0 unspecified atom stereocenters. The molecule has 1 aromatic rings. The largest absolute Gasteiger partial charge is 0.309 e. The molecule has 68 valence electrons. The van der Waals surface area contributed by atoms with Crippen LogP contribution < -0.4 is 5.32 Å². The van der Waals surface area contributed by atoms with E-state index in [0.717, 1.165) is 0 Å². The second-order valence-electron chi connectivity index (χ2n) is 2.35. The molecule has 0 spiro atoms. The Morgan fingerprint density at radius 3 is 3.15 bits per heavy atom. The van der Waals surface area contributed by atoms with E-state index in [9.17, 15) is 4.79 Å². The highest BCUT2D eigenvalue weighted by Gasteiger charge is 2.03. The van der Waals surface area contributed by atoms with E-state index in [4.69, 9.17) is 18.0 Å². The number of nitrogens with zero attached hydrogens (tertiary/aromatic N) is 1. The topological polar surface area (TPSA) is 57.8 Å². The molecule has 0 atom stereocenters. The Balaban J connectivity index is 2.41. The van der Waals surface area contributed by atoms with Crippen molar-refractivity contribution in [2.24, 2.45) is 0 Å². The van der Waals surface area contributed by atoms with Crippen LogP contribution in [0.1, 0.15) is 12.8 Å². The van der Waals surface area contributed by atoms with E-state index in [1.807, 2.05) is 0 Å². The first-order valence-electron chi connectivity index (χ1n) is 3.66. The lowest BCUT2D eigenvalue weighted by molar-refractivity contribution is -0.116. The Morgan fingerprint density at radius 2 is 2.62 bits per heavy atom. The van der Waals surface area contributed by atoms with Gasteiger partial charge in [-0.15, -0.1) is 12.3 Å². The maximum Gasteiger partial charge on any atom is 0.226 e. The summed E-state index contributed by atoms with van der Waals surface area (Å²) in [6.45, 7) is 0. The van der Waals surface area contributed by atoms with Gasteiger partial charge in [0, 0.05) is 18.9 Å². The Hall–Kier alpha value is -1.47. The smallest absolute Gasteiger partial charge is 0.226 e. The van der Waals surface area contributed by atoms with Crippen LogP contribution in [0, 0.1) is 12.3 Å². The molecule has 0 bridgehead atoms. The van der Waals surface area contributed by atoms with Gasteiger partial charge in [-0.05, 0) is 0 Å². The van der Waals surface area contributed by atoms with Gasteiger partial charge < -0.3 is 5.32 Å². The van der Waals surface area contributed by atoms with Crippen molar-refractivity contribution in [2.75, 3.05) is 5.32 Å². The minimum absolute atomic E-state index is 0.166. The van der Waals surface area contributed by atoms with Crippen LogP contribution in [0.2, 0.25) is 5.15 Å². The molecule has 1 amide bonds. The lowest BCUT2D eigenvalue weighted by Crippen LogP contribution is -2.10. The molecule has 0 fully saturated rings. The van der Waals surface area contributed by atoms with Crippen molar-refractivity contribution in [3.05, 3.63) is 11.2 Å². The fourth-order valence-corrected chi connectivity index (χ4v) is 0.899. The lowest BCUT2D eigenvalue weighted by atomic mass is 10.3. The Labute approximate surface area is 80.7 Å². The van der Waals surface area contributed by atoms with E-state index >= 15 is 0 Å². The van der Waals surface area contributed by atoms with Gasteiger partial charge in [0.1, 0.15) is 5.15 Å². The number of aromatic nitrogens is 2. The molecular formula is C8H8ClN3O. The predicted molar refractivity (Wildman–Crippen MR) is 50.3 cm³/mol. The molecule has 0 aromatic carbocycles. The van der Waals surface area contributed by atoms with Gasteiger partial charge in [-0.2, -0.15) is 5.10 Å². The third kappa shape index (κ3) is 3.18. The third-order valence-corrected chi connectivity index (χ3v) is 1.50. The SMILES string of the molecule is C#CCCC(=O)Nc1cc(Cl)[nH]n1. The average Bonchev–Trinajstić information content (AvgIpc) is 2.48. The first-order valence-corrected chi connectivity index (χ1v) is 4.04. The molecule has 5 heteroatoms. The summed E-state index contributed by atoms with van der Waals surface area (Å²) in [5, 5.41) is 9.13. The molecule has 0 aliphatic carbocycles. The molecule has 1 aromatic heterocycles. The zero-order valence-electron chi connectivity index (χ0n) is 6.80. The first-order chi connectivity index (χ1) is 6.22. The van der Waals surface area contributed by atoms with E-state index in [-0.39, 0.29) is 5.91 Å². The van der Waals surface area contributed by atoms with Gasteiger partial charge in [0.05, 0.1) is 0 Å². The van der Waals surface area contributed by atoms with Crippen molar-refractivity contribution < 1.29 is 4.79 Å². The number of nitrogens with one attached hydrogen (secondary N) is 2. The molecule has 1 rings (SSSR count). The van der Waals surface area contributed by atoms with Crippen LogP contribution in [0.5, 0.6) is 0 Å². The monoisotopic (exact) mass is 197 g/mol. The summed E-state index contributed by atoms with van der Waals surface area (Å²) in [5.41, 5.74) is 0. The molecule has 2 N–H and O–H groups in total. The van der Waals surface area contributed by atoms with Crippen LogP contribution in [0.4, 0.5) is 5.82 Å². The van der Waals surface area contributed by atoms with Gasteiger partial charge >= 0.3 is 0 Å². The Morgan fingerprint density at radius 1 is 1.85 bits per heavy atom. The van der Waals surface area contributed by atoms with Crippen molar-refractivity contribution in [1.29, 1.82) is 0 Å². The standard InChI is InChI=1S/C8H8ClN3O/c1-2-3-4-8(13)10-7-5-6(9)11-12-7/h1,5H,3-4H2,(H2,10,11,12,13). The van der Waals surface area contributed by atoms with Crippen LogP contribution in [-0.2, 0) is 4.79 Å². The quantitative estimate of drug-likeness (QED) is 0.720. The van der Waals surface area contributed by atoms with E-state index in [1.165, 1.54) is 6.07 Å². The Kier molecular flexibility index (Phi) is 3.35. The van der Waals surface area contributed by atoms with Gasteiger partial charge in [0.2, 0.25) is 5.91 Å². The van der Waals surface area contributed by atoms with Crippen LogP contribution in [0.25, 0.3) is 0 Å². The van der Waals surface area contributed by atoms with Gasteiger partial charge in [-0.25, -0.2) is 0 Å². The normalized spacial score (nSPS) is 9.23. The van der Waals surface area contributed by atoms with Crippen LogP contribution >= 0.6 is 11.6 Å². The molecule has 0 aliphatic heterocycles. The summed E-state index contributed by atoms with van der Waals surface area (Å²) in [4.78, 5) is 11.1. The zero-order chi connectivity index (χ0) is 9.68. The number of hydrogen-bond donors (Lipinski definition) is 2. The highest BCUT2D eigenvalue weighted by atomic mass is 35.5. The second-order valence-corrected chi connectivity index (χ2v) is 2.76. The number of carbonyl (C=O) groups excluding carboxylic acids is 1. The predicted octanol–water partition coefficient (Wildman–Crippen LogP) is 1.41. The molecule has 0 aliphatic rings. The minimum atomic E-state index is -0.166. The maximum absolute atomic E-state index is 11.1. The van der Waals surface area contributed by atoms with Gasteiger partial charge in [0.15, 0.2) is 5.82 Å². The molecule has 0 saturated carbocycles.